The number of hydrogen-bond donors (Lipinski definition) is 2. The molecule has 0 saturated carbocycles. The van der Waals surface area contributed by atoms with E-state index in [0.717, 1.165) is 0 Å². The minimum Gasteiger partial charge on any atom is -0.372 e. The molecule has 0 spiro atoms. The summed E-state index contributed by atoms with van der Waals surface area (Å²) in [6.07, 6.45) is 2.78. The van der Waals surface area contributed by atoms with Gasteiger partial charge in [-0.3, -0.25) is 4.79 Å². The molecule has 0 aliphatic carbocycles. The van der Waals surface area contributed by atoms with E-state index in [2.05, 4.69) is 20.6 Å². The Morgan fingerprint density at radius 2 is 1.90 bits per heavy atom. The van der Waals surface area contributed by atoms with Crippen molar-refractivity contribution in [3.05, 3.63) is 47.4 Å². The molecular formula is C14H10N6O. The zero-order valence-corrected chi connectivity index (χ0v) is 11.1. The maximum atomic E-state index is 12.0. The Labute approximate surface area is 120 Å². The molecule has 0 aliphatic heterocycles. The van der Waals surface area contributed by atoms with E-state index >= 15 is 0 Å². The van der Waals surface area contributed by atoms with Crippen molar-refractivity contribution in [2.24, 2.45) is 0 Å². The lowest BCUT2D eigenvalue weighted by Crippen LogP contribution is -2.14. The predicted molar refractivity (Wildman–Crippen MR) is 75.4 cm³/mol. The highest BCUT2D eigenvalue weighted by atomic mass is 16.1. The van der Waals surface area contributed by atoms with Crippen LogP contribution in [0.2, 0.25) is 0 Å². The van der Waals surface area contributed by atoms with Crippen molar-refractivity contribution in [3.8, 4) is 12.1 Å². The maximum Gasteiger partial charge on any atom is 0.275 e. The van der Waals surface area contributed by atoms with Crippen LogP contribution in [0.1, 0.15) is 21.6 Å². The molecule has 0 fully saturated rings. The van der Waals surface area contributed by atoms with Crippen molar-refractivity contribution in [2.75, 3.05) is 17.7 Å². The van der Waals surface area contributed by atoms with E-state index in [-0.39, 0.29) is 16.8 Å². The van der Waals surface area contributed by atoms with Crippen LogP contribution < -0.4 is 10.6 Å². The van der Waals surface area contributed by atoms with E-state index in [4.69, 9.17) is 10.5 Å². The molecule has 102 valence electrons. The van der Waals surface area contributed by atoms with Gasteiger partial charge in [0, 0.05) is 12.7 Å². The lowest BCUT2D eigenvalue weighted by Gasteiger charge is -2.06. The van der Waals surface area contributed by atoms with Crippen LogP contribution in [-0.4, -0.2) is 22.9 Å². The third-order valence-electron chi connectivity index (χ3n) is 2.66. The molecule has 1 aromatic heterocycles. The average molecular weight is 278 g/mol. The van der Waals surface area contributed by atoms with Crippen LogP contribution in [0.15, 0.2) is 30.6 Å². The topological polar surface area (TPSA) is 114 Å². The first kappa shape index (κ1) is 14.0. The van der Waals surface area contributed by atoms with Crippen LogP contribution >= 0.6 is 0 Å². The fraction of sp³-hybridized carbons (Fsp3) is 0.0714. The molecule has 7 nitrogen and oxygen atoms in total. The highest BCUT2D eigenvalue weighted by Crippen LogP contribution is 2.15. The highest BCUT2D eigenvalue weighted by Gasteiger charge is 2.10. The normalized spacial score (nSPS) is 9.29. The van der Waals surface area contributed by atoms with Crippen LogP contribution in [0.25, 0.3) is 0 Å². The largest absolute Gasteiger partial charge is 0.372 e. The maximum absolute atomic E-state index is 12.0. The van der Waals surface area contributed by atoms with Crippen molar-refractivity contribution in [1.82, 2.24) is 9.97 Å². The molecule has 0 bridgehead atoms. The second-order valence-electron chi connectivity index (χ2n) is 3.97. The lowest BCUT2D eigenvalue weighted by molar-refractivity contribution is 0.102. The number of nitrogens with one attached hydrogen (secondary N) is 2. The zero-order chi connectivity index (χ0) is 15.2. The number of anilines is 2. The van der Waals surface area contributed by atoms with Crippen molar-refractivity contribution < 1.29 is 4.79 Å². The summed E-state index contributed by atoms with van der Waals surface area (Å²) in [7, 11) is 1.70. The minimum absolute atomic E-state index is 0.150. The highest BCUT2D eigenvalue weighted by molar-refractivity contribution is 6.02. The van der Waals surface area contributed by atoms with Gasteiger partial charge in [0.1, 0.15) is 23.7 Å². The molecule has 2 aromatic rings. The number of rotatable bonds is 3. The molecule has 0 radical (unpaired) electrons. The molecule has 0 saturated heterocycles. The van der Waals surface area contributed by atoms with Crippen molar-refractivity contribution in [1.29, 1.82) is 10.5 Å². The molecule has 7 heteroatoms. The number of benzene rings is 1. The summed E-state index contributed by atoms with van der Waals surface area (Å²) in [6.45, 7) is 0. The zero-order valence-electron chi connectivity index (χ0n) is 11.1. The minimum atomic E-state index is -0.446. The number of nitriles is 2. The van der Waals surface area contributed by atoms with Gasteiger partial charge in [0.2, 0.25) is 0 Å². The van der Waals surface area contributed by atoms with Crippen LogP contribution in [0.5, 0.6) is 0 Å². The van der Waals surface area contributed by atoms with Crippen LogP contribution in [0.4, 0.5) is 11.5 Å². The van der Waals surface area contributed by atoms with E-state index in [1.165, 1.54) is 24.5 Å². The van der Waals surface area contributed by atoms with Gasteiger partial charge in [-0.15, -0.1) is 0 Å². The number of carbonyl (C=O) groups is 1. The Morgan fingerprint density at radius 1 is 1.14 bits per heavy atom. The van der Waals surface area contributed by atoms with E-state index in [1.807, 2.05) is 12.1 Å². The molecule has 1 heterocycles. The number of nitrogens with zero attached hydrogens (tertiary/aromatic N) is 4. The van der Waals surface area contributed by atoms with E-state index in [0.29, 0.717) is 11.5 Å². The van der Waals surface area contributed by atoms with Gasteiger partial charge in [0.15, 0.2) is 0 Å². The van der Waals surface area contributed by atoms with Gasteiger partial charge in [-0.2, -0.15) is 10.5 Å². The molecular weight excluding hydrogens is 268 g/mol. The smallest absolute Gasteiger partial charge is 0.275 e. The number of hydrogen-bond acceptors (Lipinski definition) is 6. The Morgan fingerprint density at radius 3 is 2.48 bits per heavy atom. The molecule has 2 rings (SSSR count). The Bertz CT molecular complexity index is 755. The van der Waals surface area contributed by atoms with Gasteiger partial charge in [-0.25, -0.2) is 9.97 Å². The first-order valence-electron chi connectivity index (χ1n) is 5.93. The molecule has 1 amide bonds. The number of aromatic nitrogens is 2. The summed E-state index contributed by atoms with van der Waals surface area (Å²) in [4.78, 5) is 19.9. The van der Waals surface area contributed by atoms with E-state index in [9.17, 15) is 4.79 Å². The monoisotopic (exact) mass is 278 g/mol. The lowest BCUT2D eigenvalue weighted by atomic mass is 10.1. The summed E-state index contributed by atoms with van der Waals surface area (Å²) in [5.41, 5.74) is 1.02. The Hall–Kier alpha value is -3.45. The van der Waals surface area contributed by atoms with E-state index in [1.54, 1.807) is 13.1 Å². The average Bonchev–Trinajstić information content (AvgIpc) is 2.54. The van der Waals surface area contributed by atoms with Gasteiger partial charge in [-0.1, -0.05) is 0 Å². The van der Waals surface area contributed by atoms with Gasteiger partial charge in [-0.05, 0) is 18.2 Å². The second kappa shape index (κ2) is 6.13. The van der Waals surface area contributed by atoms with Crippen molar-refractivity contribution >= 4 is 17.4 Å². The van der Waals surface area contributed by atoms with Gasteiger partial charge in [0.25, 0.3) is 5.91 Å². The van der Waals surface area contributed by atoms with Crippen LogP contribution in [0, 0.1) is 22.7 Å². The summed E-state index contributed by atoms with van der Waals surface area (Å²) in [6, 6.07) is 8.27. The van der Waals surface area contributed by atoms with Crippen molar-refractivity contribution in [2.45, 2.75) is 0 Å². The molecule has 21 heavy (non-hydrogen) atoms. The first-order valence-corrected chi connectivity index (χ1v) is 5.93. The summed E-state index contributed by atoms with van der Waals surface area (Å²) < 4.78 is 0. The summed E-state index contributed by atoms with van der Waals surface area (Å²) in [5, 5.41) is 23.2. The second-order valence-corrected chi connectivity index (χ2v) is 3.97. The quantitative estimate of drug-likeness (QED) is 0.879. The van der Waals surface area contributed by atoms with Gasteiger partial charge in [0.05, 0.1) is 23.5 Å². The number of amides is 1. The van der Waals surface area contributed by atoms with E-state index < -0.39 is 5.91 Å². The molecule has 0 aliphatic rings. The standard InChI is InChI=1S/C14H10N6O/c1-17-13-8-18-12(7-19-13)14(21)20-11-3-2-9(5-15)10(4-11)6-16/h2-4,7-8H,1H3,(H,17,19)(H,20,21). The SMILES string of the molecule is CNc1cnc(C(=O)Nc2ccc(C#N)c(C#N)c2)cn1. The van der Waals surface area contributed by atoms with Crippen LogP contribution in [-0.2, 0) is 0 Å². The number of carbonyl (C=O) groups excluding carboxylic acids is 1. The Kier molecular flexibility index (Phi) is 4.08. The fourth-order valence-electron chi connectivity index (χ4n) is 1.58. The molecule has 0 unspecified atom stereocenters. The third-order valence-corrected chi connectivity index (χ3v) is 2.66. The third kappa shape index (κ3) is 3.11. The van der Waals surface area contributed by atoms with Crippen LogP contribution in [0.3, 0.4) is 0 Å². The molecule has 0 atom stereocenters. The van der Waals surface area contributed by atoms with Crippen molar-refractivity contribution in [3.63, 3.8) is 0 Å². The molecule has 2 N–H and O–H groups in total. The first-order chi connectivity index (χ1) is 10.2. The summed E-state index contributed by atoms with van der Waals surface area (Å²) in [5.74, 6) is 0.107. The fourth-order valence-corrected chi connectivity index (χ4v) is 1.58. The van der Waals surface area contributed by atoms with Gasteiger partial charge >= 0.3 is 0 Å². The predicted octanol–water partition coefficient (Wildman–Crippen LogP) is 1.51. The Balaban J connectivity index is 2.19. The molecule has 1 aromatic carbocycles. The van der Waals surface area contributed by atoms with Gasteiger partial charge < -0.3 is 10.6 Å². The summed E-state index contributed by atoms with van der Waals surface area (Å²) >= 11 is 0.